The Morgan fingerprint density at radius 1 is 1.25 bits per heavy atom. The van der Waals surface area contributed by atoms with Gasteiger partial charge in [-0.25, -0.2) is 18.7 Å². The van der Waals surface area contributed by atoms with E-state index in [1.54, 1.807) is 7.05 Å². The van der Waals surface area contributed by atoms with Crippen molar-refractivity contribution in [1.29, 1.82) is 0 Å². The fourth-order valence-electron chi connectivity index (χ4n) is 1.52. The van der Waals surface area contributed by atoms with Crippen LogP contribution in [-0.4, -0.2) is 22.9 Å². The van der Waals surface area contributed by atoms with Crippen molar-refractivity contribution in [2.75, 3.05) is 12.4 Å². The molecule has 20 heavy (non-hydrogen) atoms. The summed E-state index contributed by atoms with van der Waals surface area (Å²) < 4.78 is 26.3. The van der Waals surface area contributed by atoms with E-state index in [0.29, 0.717) is 5.82 Å². The Balaban J connectivity index is 2.02. The molecule has 0 bridgehead atoms. The highest BCUT2D eigenvalue weighted by Crippen LogP contribution is 2.09. The summed E-state index contributed by atoms with van der Waals surface area (Å²) in [5.41, 5.74) is 0.166. The molecule has 0 atom stereocenters. The minimum Gasteiger partial charge on any atom is -0.372 e. The third kappa shape index (κ3) is 3.25. The zero-order valence-corrected chi connectivity index (χ0v) is 10.7. The van der Waals surface area contributed by atoms with Crippen molar-refractivity contribution in [3.63, 3.8) is 0 Å². The molecule has 0 radical (unpaired) electrons. The first-order valence-electron chi connectivity index (χ1n) is 5.82. The van der Waals surface area contributed by atoms with Gasteiger partial charge < -0.3 is 10.6 Å². The molecule has 0 aliphatic carbocycles. The van der Waals surface area contributed by atoms with Crippen LogP contribution in [0.25, 0.3) is 0 Å². The van der Waals surface area contributed by atoms with Crippen LogP contribution in [0.1, 0.15) is 16.1 Å². The maximum Gasteiger partial charge on any atom is 0.271 e. The standard InChI is InChI=1S/C13H12F2N4O/c1-16-12-7-17-11(6-18-12)13(20)19-5-8-4-9(14)2-3-10(8)15/h2-4,6-7H,5H2,1H3,(H,16,18)(H,19,20). The molecule has 7 heteroatoms. The van der Waals surface area contributed by atoms with Crippen molar-refractivity contribution >= 4 is 11.7 Å². The lowest BCUT2D eigenvalue weighted by Crippen LogP contribution is -2.24. The minimum atomic E-state index is -0.580. The quantitative estimate of drug-likeness (QED) is 0.893. The number of carbonyl (C=O) groups excluding carboxylic acids is 1. The monoisotopic (exact) mass is 278 g/mol. The molecule has 2 aromatic rings. The Bertz CT molecular complexity index is 616. The summed E-state index contributed by atoms with van der Waals surface area (Å²) in [7, 11) is 1.68. The van der Waals surface area contributed by atoms with Gasteiger partial charge in [0, 0.05) is 19.2 Å². The summed E-state index contributed by atoms with van der Waals surface area (Å²) in [4.78, 5) is 19.6. The van der Waals surface area contributed by atoms with E-state index in [9.17, 15) is 13.6 Å². The number of nitrogens with zero attached hydrogens (tertiary/aromatic N) is 2. The molecule has 0 saturated heterocycles. The lowest BCUT2D eigenvalue weighted by molar-refractivity contribution is 0.0945. The number of halogens is 2. The number of carbonyl (C=O) groups is 1. The van der Waals surface area contributed by atoms with Gasteiger partial charge in [0.2, 0.25) is 0 Å². The molecule has 5 nitrogen and oxygen atoms in total. The highest BCUT2D eigenvalue weighted by Gasteiger charge is 2.10. The molecule has 2 N–H and O–H groups in total. The largest absolute Gasteiger partial charge is 0.372 e. The molecule has 0 saturated carbocycles. The van der Waals surface area contributed by atoms with Crippen molar-refractivity contribution < 1.29 is 13.6 Å². The number of hydrogen-bond donors (Lipinski definition) is 2. The Hall–Kier alpha value is -2.57. The van der Waals surface area contributed by atoms with E-state index in [4.69, 9.17) is 0 Å². The van der Waals surface area contributed by atoms with Gasteiger partial charge in [-0.3, -0.25) is 4.79 Å². The summed E-state index contributed by atoms with van der Waals surface area (Å²) in [6, 6.07) is 3.06. The van der Waals surface area contributed by atoms with E-state index in [2.05, 4.69) is 20.6 Å². The Morgan fingerprint density at radius 2 is 2.05 bits per heavy atom. The van der Waals surface area contributed by atoms with Crippen LogP contribution in [0.15, 0.2) is 30.6 Å². The van der Waals surface area contributed by atoms with E-state index in [1.807, 2.05) is 0 Å². The van der Waals surface area contributed by atoms with Gasteiger partial charge in [0.25, 0.3) is 5.91 Å². The summed E-state index contributed by atoms with van der Waals surface area (Å²) in [6.07, 6.45) is 2.70. The predicted octanol–water partition coefficient (Wildman–Crippen LogP) is 1.73. The molecule has 0 unspecified atom stereocenters. The van der Waals surface area contributed by atoms with Crippen molar-refractivity contribution in [2.24, 2.45) is 0 Å². The normalized spacial score (nSPS) is 10.2. The van der Waals surface area contributed by atoms with Crippen molar-refractivity contribution in [1.82, 2.24) is 15.3 Å². The van der Waals surface area contributed by atoms with Gasteiger partial charge in [0.15, 0.2) is 0 Å². The number of nitrogens with one attached hydrogen (secondary N) is 2. The molecule has 0 aliphatic heterocycles. The second kappa shape index (κ2) is 6.05. The fourth-order valence-corrected chi connectivity index (χ4v) is 1.52. The van der Waals surface area contributed by atoms with Crippen LogP contribution in [0.2, 0.25) is 0 Å². The molecule has 104 valence electrons. The van der Waals surface area contributed by atoms with Crippen molar-refractivity contribution in [3.05, 3.63) is 53.5 Å². The molecule has 1 aromatic heterocycles. The number of anilines is 1. The van der Waals surface area contributed by atoms with Gasteiger partial charge in [-0.05, 0) is 18.2 Å². The lowest BCUT2D eigenvalue weighted by Gasteiger charge is -2.06. The third-order valence-electron chi connectivity index (χ3n) is 2.59. The highest BCUT2D eigenvalue weighted by atomic mass is 19.1. The van der Waals surface area contributed by atoms with Gasteiger partial charge in [0.05, 0.1) is 12.4 Å². The summed E-state index contributed by atoms with van der Waals surface area (Å²) >= 11 is 0. The topological polar surface area (TPSA) is 66.9 Å². The number of rotatable bonds is 4. The lowest BCUT2D eigenvalue weighted by atomic mass is 10.2. The molecule has 2 rings (SSSR count). The second-order valence-corrected chi connectivity index (χ2v) is 3.96. The van der Waals surface area contributed by atoms with Crippen LogP contribution in [0.3, 0.4) is 0 Å². The smallest absolute Gasteiger partial charge is 0.271 e. The zero-order valence-electron chi connectivity index (χ0n) is 10.7. The third-order valence-corrected chi connectivity index (χ3v) is 2.59. The second-order valence-electron chi connectivity index (χ2n) is 3.96. The van der Waals surface area contributed by atoms with Crippen LogP contribution < -0.4 is 10.6 Å². The van der Waals surface area contributed by atoms with Gasteiger partial charge in [-0.1, -0.05) is 0 Å². The van der Waals surface area contributed by atoms with Crippen LogP contribution in [-0.2, 0) is 6.54 Å². The van der Waals surface area contributed by atoms with Crippen molar-refractivity contribution in [3.8, 4) is 0 Å². The van der Waals surface area contributed by atoms with Crippen LogP contribution >= 0.6 is 0 Å². The Morgan fingerprint density at radius 3 is 2.70 bits per heavy atom. The molecular formula is C13H12F2N4O. The molecule has 1 amide bonds. The average molecular weight is 278 g/mol. The number of aromatic nitrogens is 2. The number of amides is 1. The first kappa shape index (κ1) is 13.9. The fraction of sp³-hybridized carbons (Fsp3) is 0.154. The van der Waals surface area contributed by atoms with Gasteiger partial charge in [-0.15, -0.1) is 0 Å². The zero-order chi connectivity index (χ0) is 14.5. The summed E-state index contributed by atoms with van der Waals surface area (Å²) in [5, 5.41) is 5.22. The predicted molar refractivity (Wildman–Crippen MR) is 69.1 cm³/mol. The molecule has 0 spiro atoms. The summed E-state index contributed by atoms with van der Waals surface area (Å²) in [6.45, 7) is -0.127. The molecule has 1 aromatic carbocycles. The Kier molecular flexibility index (Phi) is 4.19. The van der Waals surface area contributed by atoms with E-state index < -0.39 is 17.5 Å². The molecular weight excluding hydrogens is 266 g/mol. The Labute approximate surface area is 114 Å². The van der Waals surface area contributed by atoms with Crippen LogP contribution in [0, 0.1) is 11.6 Å². The first-order chi connectivity index (χ1) is 9.60. The van der Waals surface area contributed by atoms with Crippen LogP contribution in [0.4, 0.5) is 14.6 Å². The number of hydrogen-bond acceptors (Lipinski definition) is 4. The van der Waals surface area contributed by atoms with E-state index in [-0.39, 0.29) is 17.8 Å². The van der Waals surface area contributed by atoms with Gasteiger partial charge >= 0.3 is 0 Å². The van der Waals surface area contributed by atoms with E-state index in [1.165, 1.54) is 12.4 Å². The van der Waals surface area contributed by atoms with Crippen LogP contribution in [0.5, 0.6) is 0 Å². The van der Waals surface area contributed by atoms with E-state index in [0.717, 1.165) is 18.2 Å². The molecule has 1 heterocycles. The van der Waals surface area contributed by atoms with Crippen molar-refractivity contribution in [2.45, 2.75) is 6.54 Å². The maximum absolute atomic E-state index is 13.4. The maximum atomic E-state index is 13.4. The first-order valence-corrected chi connectivity index (χ1v) is 5.82. The summed E-state index contributed by atoms with van der Waals surface area (Å²) in [5.74, 6) is -1.13. The SMILES string of the molecule is CNc1cnc(C(=O)NCc2cc(F)ccc2F)cn1. The van der Waals surface area contributed by atoms with Gasteiger partial charge in [0.1, 0.15) is 23.1 Å². The molecule has 0 fully saturated rings. The van der Waals surface area contributed by atoms with Gasteiger partial charge in [-0.2, -0.15) is 0 Å². The average Bonchev–Trinajstić information content (AvgIpc) is 2.48. The number of benzene rings is 1. The minimum absolute atomic E-state index is 0.0677. The molecule has 0 aliphatic rings. The highest BCUT2D eigenvalue weighted by molar-refractivity contribution is 5.91. The van der Waals surface area contributed by atoms with E-state index >= 15 is 0 Å².